The minimum Gasteiger partial charge on any atom is -0.328 e. The highest BCUT2D eigenvalue weighted by atomic mass is 15.1. The summed E-state index contributed by atoms with van der Waals surface area (Å²) in [5.74, 6) is 1.26. The molecular weight excluding hydrogens is 268 g/mol. The first kappa shape index (κ1) is 16.8. The van der Waals surface area contributed by atoms with Crippen molar-refractivity contribution in [3.05, 3.63) is 53.1 Å². The number of rotatable bonds is 9. The topological polar surface area (TPSA) is 17.8 Å². The summed E-state index contributed by atoms with van der Waals surface area (Å²) >= 11 is 0. The molecule has 2 rings (SSSR count). The third kappa shape index (κ3) is 4.72. The molecule has 2 heteroatoms. The number of hydrogen-bond donors (Lipinski definition) is 0. The zero-order chi connectivity index (χ0) is 15.8. The Morgan fingerprint density at radius 3 is 2.32 bits per heavy atom. The highest BCUT2D eigenvalue weighted by Gasteiger charge is 2.11. The maximum absolute atomic E-state index is 4.80. The van der Waals surface area contributed by atoms with Gasteiger partial charge in [-0.2, -0.15) is 0 Å². The van der Waals surface area contributed by atoms with E-state index in [1.54, 1.807) is 0 Å². The molecule has 0 N–H and O–H groups in total. The molecule has 1 aromatic heterocycles. The van der Waals surface area contributed by atoms with Gasteiger partial charge in [0.15, 0.2) is 0 Å². The predicted octanol–water partition coefficient (Wildman–Crippen LogP) is 5.45. The average Bonchev–Trinajstić information content (AvgIpc) is 2.80. The van der Waals surface area contributed by atoms with Crippen LogP contribution < -0.4 is 0 Å². The molecule has 0 spiro atoms. The normalized spacial score (nSPS) is 11.0. The first-order valence-corrected chi connectivity index (χ1v) is 8.79. The Bertz CT molecular complexity index is 555. The molecule has 0 radical (unpaired) electrons. The SMILES string of the molecule is CCCCCCCCc1nc(C)c(C)n1Cc1ccccc1. The molecule has 0 saturated carbocycles. The van der Waals surface area contributed by atoms with Crippen LogP contribution in [0.25, 0.3) is 0 Å². The van der Waals surface area contributed by atoms with E-state index in [1.807, 2.05) is 0 Å². The van der Waals surface area contributed by atoms with Crippen LogP contribution in [0.5, 0.6) is 0 Å². The Balaban J connectivity index is 1.95. The Morgan fingerprint density at radius 1 is 0.909 bits per heavy atom. The smallest absolute Gasteiger partial charge is 0.109 e. The van der Waals surface area contributed by atoms with Crippen LogP contribution >= 0.6 is 0 Å². The first-order chi connectivity index (χ1) is 10.7. The molecule has 0 aliphatic rings. The van der Waals surface area contributed by atoms with E-state index in [0.29, 0.717) is 0 Å². The summed E-state index contributed by atoms with van der Waals surface area (Å²) in [5, 5.41) is 0. The largest absolute Gasteiger partial charge is 0.328 e. The van der Waals surface area contributed by atoms with Crippen LogP contribution in [0.4, 0.5) is 0 Å². The molecule has 22 heavy (non-hydrogen) atoms. The highest BCUT2D eigenvalue weighted by Crippen LogP contribution is 2.16. The van der Waals surface area contributed by atoms with E-state index in [0.717, 1.165) is 13.0 Å². The Labute approximate surface area is 135 Å². The average molecular weight is 298 g/mol. The fourth-order valence-electron chi connectivity index (χ4n) is 2.95. The van der Waals surface area contributed by atoms with Crippen LogP contribution in [0.15, 0.2) is 30.3 Å². The van der Waals surface area contributed by atoms with Crippen molar-refractivity contribution in [2.75, 3.05) is 0 Å². The lowest BCUT2D eigenvalue weighted by molar-refractivity contribution is 0.588. The van der Waals surface area contributed by atoms with Crippen LogP contribution in [0, 0.1) is 13.8 Å². The van der Waals surface area contributed by atoms with Crippen molar-refractivity contribution in [2.45, 2.75) is 72.3 Å². The fraction of sp³-hybridized carbons (Fsp3) is 0.550. The molecule has 0 bridgehead atoms. The van der Waals surface area contributed by atoms with E-state index in [4.69, 9.17) is 4.98 Å². The summed E-state index contributed by atoms with van der Waals surface area (Å²) in [4.78, 5) is 4.80. The number of aromatic nitrogens is 2. The van der Waals surface area contributed by atoms with Gasteiger partial charge in [-0.15, -0.1) is 0 Å². The summed E-state index contributed by atoms with van der Waals surface area (Å²) < 4.78 is 2.40. The molecule has 2 aromatic rings. The second kappa shape index (κ2) is 8.77. The van der Waals surface area contributed by atoms with Gasteiger partial charge >= 0.3 is 0 Å². The predicted molar refractivity (Wildman–Crippen MR) is 94.3 cm³/mol. The minimum atomic E-state index is 0.943. The third-order valence-corrected chi connectivity index (χ3v) is 4.47. The van der Waals surface area contributed by atoms with Gasteiger partial charge in [0, 0.05) is 18.7 Å². The van der Waals surface area contributed by atoms with Crippen molar-refractivity contribution in [3.8, 4) is 0 Å². The summed E-state index contributed by atoms with van der Waals surface area (Å²) in [7, 11) is 0. The zero-order valence-electron chi connectivity index (χ0n) is 14.4. The van der Waals surface area contributed by atoms with E-state index >= 15 is 0 Å². The molecule has 0 aliphatic heterocycles. The van der Waals surface area contributed by atoms with Gasteiger partial charge in [0.05, 0.1) is 5.69 Å². The monoisotopic (exact) mass is 298 g/mol. The second-order valence-corrected chi connectivity index (χ2v) is 6.29. The first-order valence-electron chi connectivity index (χ1n) is 8.79. The van der Waals surface area contributed by atoms with Gasteiger partial charge in [-0.05, 0) is 25.8 Å². The van der Waals surface area contributed by atoms with E-state index in [2.05, 4.69) is 55.7 Å². The number of hydrogen-bond acceptors (Lipinski definition) is 1. The summed E-state index contributed by atoms with van der Waals surface area (Å²) in [5.41, 5.74) is 3.84. The van der Waals surface area contributed by atoms with Crippen LogP contribution in [0.1, 0.15) is 68.2 Å². The van der Waals surface area contributed by atoms with Crippen LogP contribution in [0.2, 0.25) is 0 Å². The van der Waals surface area contributed by atoms with Crippen molar-refractivity contribution in [2.24, 2.45) is 0 Å². The molecule has 0 amide bonds. The molecule has 1 heterocycles. The van der Waals surface area contributed by atoms with Crippen LogP contribution in [0.3, 0.4) is 0 Å². The number of unbranched alkanes of at least 4 members (excludes halogenated alkanes) is 5. The van der Waals surface area contributed by atoms with Crippen molar-refractivity contribution in [1.82, 2.24) is 9.55 Å². The lowest BCUT2D eigenvalue weighted by Crippen LogP contribution is -2.07. The molecule has 0 saturated heterocycles. The zero-order valence-corrected chi connectivity index (χ0v) is 14.4. The van der Waals surface area contributed by atoms with Crippen molar-refractivity contribution >= 4 is 0 Å². The number of aryl methyl sites for hydroxylation is 2. The standard InChI is InChI=1S/C20H30N2/c1-4-5-6-7-8-12-15-20-21-17(2)18(3)22(20)16-19-13-10-9-11-14-19/h9-11,13-14H,4-8,12,15-16H2,1-3H3. The van der Waals surface area contributed by atoms with Gasteiger partial charge in [-0.1, -0.05) is 69.4 Å². The van der Waals surface area contributed by atoms with Gasteiger partial charge < -0.3 is 4.57 Å². The molecule has 120 valence electrons. The fourth-order valence-corrected chi connectivity index (χ4v) is 2.95. The van der Waals surface area contributed by atoms with Gasteiger partial charge in [-0.3, -0.25) is 0 Å². The van der Waals surface area contributed by atoms with E-state index in [9.17, 15) is 0 Å². The van der Waals surface area contributed by atoms with E-state index in [1.165, 1.54) is 61.3 Å². The van der Waals surface area contributed by atoms with Crippen LogP contribution in [-0.2, 0) is 13.0 Å². The van der Waals surface area contributed by atoms with Gasteiger partial charge in [-0.25, -0.2) is 4.98 Å². The molecule has 0 aliphatic carbocycles. The van der Waals surface area contributed by atoms with Crippen molar-refractivity contribution in [1.29, 1.82) is 0 Å². The quantitative estimate of drug-likeness (QED) is 0.563. The van der Waals surface area contributed by atoms with E-state index < -0.39 is 0 Å². The summed E-state index contributed by atoms with van der Waals surface area (Å²) in [6.45, 7) is 7.53. The molecule has 0 unspecified atom stereocenters. The highest BCUT2D eigenvalue weighted by molar-refractivity contribution is 5.20. The Morgan fingerprint density at radius 2 is 1.59 bits per heavy atom. The molecule has 0 atom stereocenters. The Kier molecular flexibility index (Phi) is 6.70. The molecule has 2 nitrogen and oxygen atoms in total. The van der Waals surface area contributed by atoms with Gasteiger partial charge in [0.25, 0.3) is 0 Å². The molecule has 1 aromatic carbocycles. The Hall–Kier alpha value is -1.57. The van der Waals surface area contributed by atoms with Crippen molar-refractivity contribution < 1.29 is 0 Å². The lowest BCUT2D eigenvalue weighted by Gasteiger charge is -2.10. The number of benzene rings is 1. The second-order valence-electron chi connectivity index (χ2n) is 6.29. The van der Waals surface area contributed by atoms with Gasteiger partial charge in [0.2, 0.25) is 0 Å². The van der Waals surface area contributed by atoms with E-state index in [-0.39, 0.29) is 0 Å². The summed E-state index contributed by atoms with van der Waals surface area (Å²) in [6.07, 6.45) is 9.14. The number of nitrogens with zero attached hydrogens (tertiary/aromatic N) is 2. The van der Waals surface area contributed by atoms with Gasteiger partial charge in [0.1, 0.15) is 5.82 Å². The lowest BCUT2D eigenvalue weighted by atomic mass is 10.1. The third-order valence-electron chi connectivity index (χ3n) is 4.47. The maximum Gasteiger partial charge on any atom is 0.109 e. The minimum absolute atomic E-state index is 0.943. The molecule has 0 fully saturated rings. The van der Waals surface area contributed by atoms with Crippen LogP contribution in [-0.4, -0.2) is 9.55 Å². The number of imidazole rings is 1. The summed E-state index contributed by atoms with van der Waals surface area (Å²) in [6, 6.07) is 10.7. The molecular formula is C20H30N2. The van der Waals surface area contributed by atoms with Crippen molar-refractivity contribution in [3.63, 3.8) is 0 Å². The maximum atomic E-state index is 4.80.